The third-order valence-corrected chi connectivity index (χ3v) is 3.96. The van der Waals surface area contributed by atoms with Crippen molar-refractivity contribution in [3.05, 3.63) is 24.0 Å². The highest BCUT2D eigenvalue weighted by atomic mass is 32.1. The Morgan fingerprint density at radius 1 is 1.30 bits per heavy atom. The molecule has 0 unspecified atom stereocenters. The van der Waals surface area contributed by atoms with Crippen LogP contribution < -0.4 is 10.5 Å². The summed E-state index contributed by atoms with van der Waals surface area (Å²) in [6.45, 7) is 4.14. The van der Waals surface area contributed by atoms with Gasteiger partial charge in [-0.05, 0) is 18.2 Å². The molecule has 0 aliphatic rings. The first-order valence-corrected chi connectivity index (χ1v) is 7.08. The number of aromatic nitrogens is 4. The van der Waals surface area contributed by atoms with Crippen molar-refractivity contribution in [1.29, 1.82) is 0 Å². The monoisotopic (exact) mass is 289 g/mol. The summed E-state index contributed by atoms with van der Waals surface area (Å²) in [5.74, 6) is 1.81. The van der Waals surface area contributed by atoms with Gasteiger partial charge in [-0.2, -0.15) is 9.61 Å². The van der Waals surface area contributed by atoms with Gasteiger partial charge >= 0.3 is 0 Å². The van der Waals surface area contributed by atoms with Crippen LogP contribution in [0.25, 0.3) is 15.5 Å². The highest BCUT2D eigenvalue weighted by molar-refractivity contribution is 7.19. The molecule has 2 N–H and O–H groups in total. The number of anilines is 1. The molecular formula is C13H15N5OS. The quantitative estimate of drug-likeness (QED) is 0.750. The predicted molar refractivity (Wildman–Crippen MR) is 79.1 cm³/mol. The summed E-state index contributed by atoms with van der Waals surface area (Å²) in [6, 6.07) is 5.64. The molecule has 1 aromatic carbocycles. The second kappa shape index (κ2) is 4.75. The molecule has 0 radical (unpaired) electrons. The number of methoxy groups -OCH3 is 1. The fourth-order valence-corrected chi connectivity index (χ4v) is 2.82. The van der Waals surface area contributed by atoms with Gasteiger partial charge < -0.3 is 10.5 Å². The van der Waals surface area contributed by atoms with Crippen LogP contribution in [0.15, 0.2) is 18.2 Å². The first-order valence-electron chi connectivity index (χ1n) is 6.26. The van der Waals surface area contributed by atoms with Crippen molar-refractivity contribution in [2.45, 2.75) is 19.8 Å². The van der Waals surface area contributed by atoms with Gasteiger partial charge in [0.1, 0.15) is 10.8 Å². The Balaban J connectivity index is 2.08. The summed E-state index contributed by atoms with van der Waals surface area (Å²) in [5, 5.41) is 13.7. The molecule has 104 valence electrons. The summed E-state index contributed by atoms with van der Waals surface area (Å²) in [4.78, 5) is 0.790. The van der Waals surface area contributed by atoms with E-state index in [-0.39, 0.29) is 5.92 Å². The number of nitrogens with zero attached hydrogens (tertiary/aromatic N) is 4. The minimum Gasteiger partial charge on any atom is -0.495 e. The van der Waals surface area contributed by atoms with Crippen molar-refractivity contribution in [3.8, 4) is 16.3 Å². The van der Waals surface area contributed by atoms with Crippen LogP contribution >= 0.6 is 11.3 Å². The molecule has 7 heteroatoms. The summed E-state index contributed by atoms with van der Waals surface area (Å²) in [6.07, 6.45) is 0. The zero-order valence-corrected chi connectivity index (χ0v) is 12.3. The normalized spacial score (nSPS) is 11.4. The highest BCUT2D eigenvalue weighted by Crippen LogP contribution is 2.31. The molecule has 2 heterocycles. The topological polar surface area (TPSA) is 78.3 Å². The molecule has 0 aliphatic heterocycles. The van der Waals surface area contributed by atoms with Gasteiger partial charge in [0.2, 0.25) is 4.96 Å². The summed E-state index contributed by atoms with van der Waals surface area (Å²) < 4.78 is 6.96. The SMILES string of the molecule is COc1ccc(-c2nn3c(C(C)C)nnc3s2)cc1N. The smallest absolute Gasteiger partial charge is 0.234 e. The van der Waals surface area contributed by atoms with Crippen LogP contribution in [-0.4, -0.2) is 26.9 Å². The van der Waals surface area contributed by atoms with Gasteiger partial charge in [-0.25, -0.2) is 0 Å². The van der Waals surface area contributed by atoms with Crippen LogP contribution in [0, 0.1) is 0 Å². The van der Waals surface area contributed by atoms with Crippen molar-refractivity contribution in [2.24, 2.45) is 0 Å². The van der Waals surface area contributed by atoms with Gasteiger partial charge in [-0.1, -0.05) is 25.2 Å². The van der Waals surface area contributed by atoms with Gasteiger partial charge in [0.25, 0.3) is 0 Å². The molecule has 3 aromatic rings. The number of rotatable bonds is 3. The largest absolute Gasteiger partial charge is 0.495 e. The third-order valence-electron chi connectivity index (χ3n) is 3.01. The van der Waals surface area contributed by atoms with Gasteiger partial charge in [0.05, 0.1) is 12.8 Å². The standard InChI is InChI=1S/C13H15N5OS/c1-7(2)11-15-16-13-18(11)17-12(20-13)8-4-5-10(19-3)9(14)6-8/h4-7H,14H2,1-3H3. The lowest BCUT2D eigenvalue weighted by Crippen LogP contribution is -1.98. The fraction of sp³-hybridized carbons (Fsp3) is 0.308. The average molecular weight is 289 g/mol. The molecule has 3 rings (SSSR count). The first-order chi connectivity index (χ1) is 9.60. The van der Waals surface area contributed by atoms with E-state index in [0.717, 1.165) is 21.4 Å². The predicted octanol–water partition coefficient (Wildman–Crippen LogP) is 2.57. The van der Waals surface area contributed by atoms with E-state index in [0.29, 0.717) is 11.4 Å². The lowest BCUT2D eigenvalue weighted by molar-refractivity contribution is 0.417. The van der Waals surface area contributed by atoms with Crippen molar-refractivity contribution in [1.82, 2.24) is 19.8 Å². The van der Waals surface area contributed by atoms with Gasteiger partial charge in [-0.15, -0.1) is 10.2 Å². The van der Waals surface area contributed by atoms with E-state index in [1.54, 1.807) is 11.6 Å². The Hall–Kier alpha value is -2.15. The molecule has 6 nitrogen and oxygen atoms in total. The maximum atomic E-state index is 5.93. The van der Waals surface area contributed by atoms with Crippen LogP contribution in [0.2, 0.25) is 0 Å². The summed E-state index contributed by atoms with van der Waals surface area (Å²) in [7, 11) is 1.60. The number of nitrogens with two attached hydrogens (primary N) is 1. The zero-order valence-electron chi connectivity index (χ0n) is 11.5. The van der Waals surface area contributed by atoms with Gasteiger partial charge in [0, 0.05) is 11.5 Å². The van der Waals surface area contributed by atoms with Crippen molar-refractivity contribution in [2.75, 3.05) is 12.8 Å². The average Bonchev–Trinajstić information content (AvgIpc) is 2.97. The van der Waals surface area contributed by atoms with Crippen LogP contribution in [0.1, 0.15) is 25.6 Å². The maximum absolute atomic E-state index is 5.93. The molecule has 0 spiro atoms. The molecule has 0 bridgehead atoms. The summed E-state index contributed by atoms with van der Waals surface area (Å²) in [5.41, 5.74) is 7.48. The molecule has 0 atom stereocenters. The van der Waals surface area contributed by atoms with Crippen molar-refractivity contribution >= 4 is 22.0 Å². The minimum atomic E-state index is 0.279. The number of nitrogen functional groups attached to an aromatic ring is 1. The zero-order chi connectivity index (χ0) is 14.3. The Kier molecular flexibility index (Phi) is 3.06. The van der Waals surface area contributed by atoms with E-state index in [1.807, 2.05) is 18.2 Å². The van der Waals surface area contributed by atoms with Crippen LogP contribution in [0.5, 0.6) is 5.75 Å². The molecular weight excluding hydrogens is 274 g/mol. The van der Waals surface area contributed by atoms with Crippen molar-refractivity contribution in [3.63, 3.8) is 0 Å². The Morgan fingerprint density at radius 2 is 2.10 bits per heavy atom. The Morgan fingerprint density at radius 3 is 2.75 bits per heavy atom. The highest BCUT2D eigenvalue weighted by Gasteiger charge is 2.15. The number of hydrogen-bond donors (Lipinski definition) is 1. The molecule has 0 saturated carbocycles. The first kappa shape index (κ1) is 12.9. The molecule has 0 fully saturated rings. The van der Waals surface area contributed by atoms with Crippen molar-refractivity contribution < 1.29 is 4.74 Å². The second-order valence-electron chi connectivity index (χ2n) is 4.77. The molecule has 0 amide bonds. The molecule has 2 aromatic heterocycles. The summed E-state index contributed by atoms with van der Waals surface area (Å²) >= 11 is 1.49. The lowest BCUT2D eigenvalue weighted by atomic mass is 10.2. The van der Waals surface area contributed by atoms with Crippen LogP contribution in [0.4, 0.5) is 5.69 Å². The van der Waals surface area contributed by atoms with E-state index in [4.69, 9.17) is 10.5 Å². The number of fused-ring (bicyclic) bond motifs is 1. The Bertz CT molecular complexity index is 761. The molecule has 20 heavy (non-hydrogen) atoms. The molecule has 0 saturated heterocycles. The van der Waals surface area contributed by atoms with E-state index in [9.17, 15) is 0 Å². The minimum absolute atomic E-state index is 0.279. The van der Waals surface area contributed by atoms with E-state index in [1.165, 1.54) is 11.3 Å². The van der Waals surface area contributed by atoms with Crippen LogP contribution in [-0.2, 0) is 0 Å². The Labute approximate surface area is 120 Å². The maximum Gasteiger partial charge on any atom is 0.234 e. The number of benzene rings is 1. The van der Waals surface area contributed by atoms with Crippen LogP contribution in [0.3, 0.4) is 0 Å². The lowest BCUT2D eigenvalue weighted by Gasteiger charge is -2.05. The van der Waals surface area contributed by atoms with Gasteiger partial charge in [0.15, 0.2) is 5.82 Å². The van der Waals surface area contributed by atoms with E-state index < -0.39 is 0 Å². The van der Waals surface area contributed by atoms with E-state index >= 15 is 0 Å². The second-order valence-corrected chi connectivity index (χ2v) is 5.73. The number of ether oxygens (including phenoxy) is 1. The van der Waals surface area contributed by atoms with E-state index in [2.05, 4.69) is 29.1 Å². The molecule has 0 aliphatic carbocycles. The van der Waals surface area contributed by atoms with Gasteiger partial charge in [-0.3, -0.25) is 0 Å². The third kappa shape index (κ3) is 2.00. The fourth-order valence-electron chi connectivity index (χ4n) is 1.98. The number of hydrogen-bond acceptors (Lipinski definition) is 6.